The fraction of sp³-hybridized carbons (Fsp3) is 0.286. The van der Waals surface area contributed by atoms with Crippen molar-refractivity contribution in [1.82, 2.24) is 9.80 Å². The Balaban J connectivity index is 1.54. The van der Waals surface area contributed by atoms with Crippen LogP contribution in [0.1, 0.15) is 21.5 Å². The van der Waals surface area contributed by atoms with E-state index in [9.17, 15) is 14.9 Å². The van der Waals surface area contributed by atoms with Crippen molar-refractivity contribution in [2.24, 2.45) is 0 Å². The van der Waals surface area contributed by atoms with Gasteiger partial charge in [-0.3, -0.25) is 19.8 Å². The molecule has 27 heavy (non-hydrogen) atoms. The Bertz CT molecular complexity index is 841. The Morgan fingerprint density at radius 1 is 1.11 bits per heavy atom. The van der Waals surface area contributed by atoms with Crippen LogP contribution in [0.25, 0.3) is 6.08 Å². The molecule has 2 aromatic carbocycles. The van der Waals surface area contributed by atoms with Crippen LogP contribution in [0.2, 0.25) is 0 Å². The average Bonchev–Trinajstić information content (AvgIpc) is 2.69. The van der Waals surface area contributed by atoms with Crippen molar-refractivity contribution < 1.29 is 9.72 Å². The molecule has 0 atom stereocenters. The van der Waals surface area contributed by atoms with E-state index in [2.05, 4.69) is 29.2 Å². The number of rotatable bonds is 5. The van der Waals surface area contributed by atoms with Crippen LogP contribution in [-0.4, -0.2) is 53.4 Å². The summed E-state index contributed by atoms with van der Waals surface area (Å²) < 4.78 is 0. The number of carbonyl (C=O) groups excluding carboxylic acids is 1. The lowest BCUT2D eigenvalue weighted by Gasteiger charge is -2.34. The molecule has 0 bridgehead atoms. The minimum Gasteiger partial charge on any atom is -0.336 e. The van der Waals surface area contributed by atoms with E-state index in [1.54, 1.807) is 24.0 Å². The van der Waals surface area contributed by atoms with E-state index in [0.717, 1.165) is 19.6 Å². The highest BCUT2D eigenvalue weighted by atomic mass is 16.6. The third-order valence-corrected chi connectivity index (χ3v) is 4.79. The van der Waals surface area contributed by atoms with Gasteiger partial charge in [0.15, 0.2) is 0 Å². The molecule has 6 heteroatoms. The largest absolute Gasteiger partial charge is 0.336 e. The lowest BCUT2D eigenvalue weighted by atomic mass is 10.1. The van der Waals surface area contributed by atoms with Gasteiger partial charge in [-0.1, -0.05) is 48.6 Å². The van der Waals surface area contributed by atoms with E-state index >= 15 is 0 Å². The molecule has 0 N–H and O–H groups in total. The highest BCUT2D eigenvalue weighted by molar-refractivity contribution is 5.95. The van der Waals surface area contributed by atoms with Gasteiger partial charge in [-0.25, -0.2) is 0 Å². The standard InChI is InChI=1S/C21H23N3O3/c1-17-9-10-19(16-20(17)24(26)27)21(25)23-14-12-22(13-15-23)11-5-8-18-6-3-2-4-7-18/h2-10,16H,11-15H2,1H3/b8-5+. The predicted molar refractivity (Wildman–Crippen MR) is 106 cm³/mol. The zero-order chi connectivity index (χ0) is 19.2. The third kappa shape index (κ3) is 4.80. The van der Waals surface area contributed by atoms with Crippen LogP contribution in [0.5, 0.6) is 0 Å². The first-order valence-corrected chi connectivity index (χ1v) is 9.03. The molecule has 0 unspecified atom stereocenters. The van der Waals surface area contributed by atoms with Crippen molar-refractivity contribution in [2.45, 2.75) is 6.92 Å². The van der Waals surface area contributed by atoms with Crippen molar-refractivity contribution in [3.05, 3.63) is 81.4 Å². The Labute approximate surface area is 158 Å². The van der Waals surface area contributed by atoms with Gasteiger partial charge in [-0.05, 0) is 18.6 Å². The molecule has 140 valence electrons. The van der Waals surface area contributed by atoms with Crippen LogP contribution in [0, 0.1) is 17.0 Å². The van der Waals surface area contributed by atoms with Crippen LogP contribution in [0.15, 0.2) is 54.6 Å². The zero-order valence-corrected chi connectivity index (χ0v) is 15.4. The molecule has 0 aliphatic carbocycles. The topological polar surface area (TPSA) is 66.7 Å². The second kappa shape index (κ2) is 8.60. The lowest BCUT2D eigenvalue weighted by molar-refractivity contribution is -0.385. The number of amides is 1. The monoisotopic (exact) mass is 365 g/mol. The smallest absolute Gasteiger partial charge is 0.273 e. The van der Waals surface area contributed by atoms with Crippen LogP contribution in [0.3, 0.4) is 0 Å². The van der Waals surface area contributed by atoms with Crippen molar-refractivity contribution >= 4 is 17.7 Å². The van der Waals surface area contributed by atoms with Crippen molar-refractivity contribution in [3.63, 3.8) is 0 Å². The van der Waals surface area contributed by atoms with Crippen LogP contribution >= 0.6 is 0 Å². The molecule has 2 aromatic rings. The third-order valence-electron chi connectivity index (χ3n) is 4.79. The maximum Gasteiger partial charge on any atom is 0.273 e. The molecule has 0 saturated carbocycles. The zero-order valence-electron chi connectivity index (χ0n) is 15.4. The van der Waals surface area contributed by atoms with Gasteiger partial charge in [0.2, 0.25) is 0 Å². The summed E-state index contributed by atoms with van der Waals surface area (Å²) >= 11 is 0. The molecule has 3 rings (SSSR count). The van der Waals surface area contributed by atoms with E-state index < -0.39 is 4.92 Å². The summed E-state index contributed by atoms with van der Waals surface area (Å²) in [6.45, 7) is 5.35. The first kappa shape index (κ1) is 18.8. The minimum atomic E-state index is -0.441. The fourth-order valence-corrected chi connectivity index (χ4v) is 3.16. The molecule has 0 aromatic heterocycles. The molecular weight excluding hydrogens is 342 g/mol. The van der Waals surface area contributed by atoms with E-state index in [4.69, 9.17) is 0 Å². The van der Waals surface area contributed by atoms with Crippen LogP contribution in [-0.2, 0) is 0 Å². The second-order valence-corrected chi connectivity index (χ2v) is 6.66. The Kier molecular flexibility index (Phi) is 5.98. The van der Waals surface area contributed by atoms with Crippen molar-refractivity contribution in [1.29, 1.82) is 0 Å². The SMILES string of the molecule is Cc1ccc(C(=O)N2CCN(C/C=C/c3ccccc3)CC2)cc1[N+](=O)[O-]. The van der Waals surface area contributed by atoms with Crippen molar-refractivity contribution in [3.8, 4) is 0 Å². The summed E-state index contributed by atoms with van der Waals surface area (Å²) in [5.41, 5.74) is 2.11. The number of nitrogens with zero attached hydrogens (tertiary/aromatic N) is 3. The number of hydrogen-bond acceptors (Lipinski definition) is 4. The van der Waals surface area contributed by atoms with Gasteiger partial charge in [0.1, 0.15) is 0 Å². The number of nitro groups is 1. The first-order chi connectivity index (χ1) is 13.0. The summed E-state index contributed by atoms with van der Waals surface area (Å²) in [6, 6.07) is 14.8. The average molecular weight is 365 g/mol. The van der Waals surface area contributed by atoms with Crippen LogP contribution < -0.4 is 0 Å². The summed E-state index contributed by atoms with van der Waals surface area (Å²) in [4.78, 5) is 27.4. The molecule has 1 fully saturated rings. The molecule has 1 aliphatic heterocycles. The van der Waals surface area contributed by atoms with Gasteiger partial charge in [-0.15, -0.1) is 0 Å². The summed E-state index contributed by atoms with van der Waals surface area (Å²) in [6.07, 6.45) is 4.24. The normalized spacial score (nSPS) is 15.2. The predicted octanol–water partition coefficient (Wildman–Crippen LogP) is 3.37. The highest BCUT2D eigenvalue weighted by Crippen LogP contribution is 2.20. The number of carbonyl (C=O) groups is 1. The Morgan fingerprint density at radius 3 is 2.48 bits per heavy atom. The molecule has 1 aliphatic rings. The van der Waals surface area contributed by atoms with Gasteiger partial charge >= 0.3 is 0 Å². The summed E-state index contributed by atoms with van der Waals surface area (Å²) in [5.74, 6) is -0.141. The molecule has 0 spiro atoms. The minimum absolute atomic E-state index is 0.00876. The maximum absolute atomic E-state index is 12.7. The molecule has 1 heterocycles. The number of piperazine rings is 1. The molecule has 1 amide bonds. The van der Waals surface area contributed by atoms with Gasteiger partial charge in [0, 0.05) is 49.9 Å². The number of nitro benzene ring substituents is 1. The van der Waals surface area contributed by atoms with Gasteiger partial charge in [0.05, 0.1) is 4.92 Å². The summed E-state index contributed by atoms with van der Waals surface area (Å²) in [7, 11) is 0. The van der Waals surface area contributed by atoms with Gasteiger partial charge in [0.25, 0.3) is 11.6 Å². The summed E-state index contributed by atoms with van der Waals surface area (Å²) in [5, 5.41) is 11.1. The second-order valence-electron chi connectivity index (χ2n) is 6.66. The van der Waals surface area contributed by atoms with E-state index in [0.29, 0.717) is 24.2 Å². The fourth-order valence-electron chi connectivity index (χ4n) is 3.16. The van der Waals surface area contributed by atoms with Crippen LogP contribution in [0.4, 0.5) is 5.69 Å². The Hall–Kier alpha value is -2.99. The van der Waals surface area contributed by atoms with E-state index in [-0.39, 0.29) is 11.6 Å². The number of benzene rings is 2. The van der Waals surface area contributed by atoms with Gasteiger partial charge in [-0.2, -0.15) is 0 Å². The molecule has 0 radical (unpaired) electrons. The maximum atomic E-state index is 12.7. The van der Waals surface area contributed by atoms with E-state index in [1.807, 2.05) is 18.2 Å². The Morgan fingerprint density at radius 2 is 1.81 bits per heavy atom. The number of aryl methyl sites for hydroxylation is 1. The highest BCUT2D eigenvalue weighted by Gasteiger charge is 2.23. The first-order valence-electron chi connectivity index (χ1n) is 9.03. The number of hydrogen-bond donors (Lipinski definition) is 0. The molecular formula is C21H23N3O3. The van der Waals surface area contributed by atoms with Gasteiger partial charge < -0.3 is 4.90 Å². The van der Waals surface area contributed by atoms with Crippen molar-refractivity contribution in [2.75, 3.05) is 32.7 Å². The quantitative estimate of drug-likeness (QED) is 0.602. The van der Waals surface area contributed by atoms with E-state index in [1.165, 1.54) is 11.6 Å². The molecule has 6 nitrogen and oxygen atoms in total. The molecule has 1 saturated heterocycles. The lowest BCUT2D eigenvalue weighted by Crippen LogP contribution is -2.48.